The Morgan fingerprint density at radius 2 is 1.94 bits per heavy atom. The lowest BCUT2D eigenvalue weighted by Crippen LogP contribution is -2.16. The van der Waals surface area contributed by atoms with Crippen molar-refractivity contribution in [3.63, 3.8) is 0 Å². The number of rotatable bonds is 9. The minimum atomic E-state index is -2.89. The lowest BCUT2D eigenvalue weighted by atomic mass is 10.1. The first-order chi connectivity index (χ1) is 15.7. The van der Waals surface area contributed by atoms with Gasteiger partial charge in [-0.3, -0.25) is 4.79 Å². The van der Waals surface area contributed by atoms with Gasteiger partial charge in [-0.25, -0.2) is 4.79 Å². The number of halogens is 2. The average Bonchev–Trinajstić information content (AvgIpc) is 3.30. The van der Waals surface area contributed by atoms with Gasteiger partial charge < -0.3 is 19.4 Å². The number of aryl methyl sites for hydroxylation is 1. The number of anilines is 1. The second-order valence-electron chi connectivity index (χ2n) is 6.79. The zero-order chi connectivity index (χ0) is 24.1. The third-order valence-corrected chi connectivity index (χ3v) is 6.79. The van der Waals surface area contributed by atoms with Gasteiger partial charge in [-0.1, -0.05) is 18.7 Å². The molecule has 2 heterocycles. The molecule has 0 saturated carbocycles. The summed E-state index contributed by atoms with van der Waals surface area (Å²) in [6.45, 7) is 0.942. The summed E-state index contributed by atoms with van der Waals surface area (Å²) in [6, 6.07) is 6.04. The number of aromatic nitrogens is 3. The molecule has 0 unspecified atom stereocenters. The van der Waals surface area contributed by atoms with Crippen LogP contribution in [-0.4, -0.2) is 46.1 Å². The van der Waals surface area contributed by atoms with Crippen molar-refractivity contribution in [3.8, 4) is 17.1 Å². The van der Waals surface area contributed by atoms with Gasteiger partial charge in [0.15, 0.2) is 11.0 Å². The van der Waals surface area contributed by atoms with Crippen molar-refractivity contribution in [3.05, 3.63) is 40.3 Å². The number of esters is 1. The monoisotopic (exact) mass is 496 g/mol. The normalized spacial score (nSPS) is 11.0. The van der Waals surface area contributed by atoms with Gasteiger partial charge in [0.05, 0.1) is 18.4 Å². The Hall–Kier alpha value is -2.99. The number of nitrogens with zero attached hydrogens (tertiary/aromatic N) is 3. The SMILES string of the molecule is CCc1c(C)sc(NC(=O)CSc2nnc(-c3ccc(OC(F)F)cc3)n2C)c1C(=O)OC. The van der Waals surface area contributed by atoms with E-state index in [0.29, 0.717) is 33.5 Å². The molecule has 0 atom stereocenters. The molecular weight excluding hydrogens is 474 g/mol. The van der Waals surface area contributed by atoms with Gasteiger partial charge in [0, 0.05) is 17.5 Å². The number of methoxy groups -OCH3 is 1. The van der Waals surface area contributed by atoms with Gasteiger partial charge in [-0.15, -0.1) is 21.5 Å². The largest absolute Gasteiger partial charge is 0.465 e. The molecule has 0 radical (unpaired) electrons. The predicted octanol–water partition coefficient (Wildman–Crippen LogP) is 4.53. The van der Waals surface area contributed by atoms with Gasteiger partial charge in [0.1, 0.15) is 10.8 Å². The highest BCUT2D eigenvalue weighted by atomic mass is 32.2. The van der Waals surface area contributed by atoms with Crippen molar-refractivity contribution in [1.82, 2.24) is 14.8 Å². The summed E-state index contributed by atoms with van der Waals surface area (Å²) in [5.41, 5.74) is 1.91. The molecule has 1 aromatic carbocycles. The number of ether oxygens (including phenoxy) is 2. The standard InChI is InChI=1S/C21H22F2N4O4S2/c1-5-14-11(2)33-18(16(14)19(29)30-4)24-15(28)10-32-21-26-25-17(27(21)3)12-6-8-13(9-7-12)31-20(22)23/h6-9,20H,5,10H2,1-4H3,(H,24,28). The number of amides is 1. The van der Waals surface area contributed by atoms with E-state index in [4.69, 9.17) is 4.74 Å². The lowest BCUT2D eigenvalue weighted by molar-refractivity contribution is -0.113. The Balaban J connectivity index is 1.67. The van der Waals surface area contributed by atoms with Crippen molar-refractivity contribution in [2.24, 2.45) is 7.05 Å². The highest BCUT2D eigenvalue weighted by Gasteiger charge is 2.23. The first-order valence-electron chi connectivity index (χ1n) is 9.83. The maximum atomic E-state index is 12.6. The maximum absolute atomic E-state index is 12.6. The van der Waals surface area contributed by atoms with Crippen LogP contribution < -0.4 is 10.1 Å². The van der Waals surface area contributed by atoms with Crippen LogP contribution in [0.4, 0.5) is 13.8 Å². The van der Waals surface area contributed by atoms with Crippen LogP contribution in [0, 0.1) is 6.92 Å². The van der Waals surface area contributed by atoms with E-state index in [9.17, 15) is 18.4 Å². The molecule has 3 rings (SSSR count). The van der Waals surface area contributed by atoms with Crippen LogP contribution in [0.1, 0.15) is 27.7 Å². The van der Waals surface area contributed by atoms with Crippen molar-refractivity contribution >= 4 is 40.0 Å². The van der Waals surface area contributed by atoms with Crippen LogP contribution in [0.25, 0.3) is 11.4 Å². The van der Waals surface area contributed by atoms with Crippen LogP contribution in [0.2, 0.25) is 0 Å². The fraction of sp³-hybridized carbons (Fsp3) is 0.333. The minimum Gasteiger partial charge on any atom is -0.465 e. The Kier molecular flexibility index (Phi) is 8.03. The van der Waals surface area contributed by atoms with Crippen molar-refractivity contribution in [2.45, 2.75) is 32.0 Å². The molecule has 0 saturated heterocycles. The summed E-state index contributed by atoms with van der Waals surface area (Å²) in [4.78, 5) is 25.7. The van der Waals surface area contributed by atoms with E-state index >= 15 is 0 Å². The number of hydrogen-bond donors (Lipinski definition) is 1. The third kappa shape index (κ3) is 5.69. The van der Waals surface area contributed by atoms with E-state index in [2.05, 4.69) is 20.3 Å². The Morgan fingerprint density at radius 3 is 2.55 bits per heavy atom. The molecular formula is C21H22F2N4O4S2. The van der Waals surface area contributed by atoms with Crippen molar-refractivity contribution in [2.75, 3.05) is 18.2 Å². The molecule has 1 N–H and O–H groups in total. The van der Waals surface area contributed by atoms with Crippen LogP contribution in [0.15, 0.2) is 29.4 Å². The number of nitrogens with one attached hydrogen (secondary N) is 1. The van der Waals surface area contributed by atoms with Gasteiger partial charge in [0.25, 0.3) is 0 Å². The second kappa shape index (κ2) is 10.8. The topological polar surface area (TPSA) is 95.3 Å². The first-order valence-corrected chi connectivity index (χ1v) is 11.6. The van der Waals surface area contributed by atoms with E-state index in [1.165, 1.54) is 42.3 Å². The minimum absolute atomic E-state index is 0.0450. The smallest absolute Gasteiger partial charge is 0.387 e. The molecule has 0 aliphatic heterocycles. The Bertz CT molecular complexity index is 1150. The number of alkyl halides is 2. The molecule has 0 bridgehead atoms. The molecule has 33 heavy (non-hydrogen) atoms. The van der Waals surface area contributed by atoms with E-state index in [1.54, 1.807) is 23.7 Å². The number of carbonyl (C=O) groups is 2. The summed E-state index contributed by atoms with van der Waals surface area (Å²) in [5, 5.41) is 12.0. The van der Waals surface area contributed by atoms with Gasteiger partial charge >= 0.3 is 12.6 Å². The molecule has 176 valence electrons. The number of benzene rings is 1. The maximum Gasteiger partial charge on any atom is 0.387 e. The fourth-order valence-electron chi connectivity index (χ4n) is 3.18. The summed E-state index contributed by atoms with van der Waals surface area (Å²) >= 11 is 2.52. The van der Waals surface area contributed by atoms with Crippen molar-refractivity contribution < 1.29 is 27.8 Å². The fourth-order valence-corrected chi connectivity index (χ4v) is 5.04. The third-order valence-electron chi connectivity index (χ3n) is 4.71. The van der Waals surface area contributed by atoms with Crippen molar-refractivity contribution in [1.29, 1.82) is 0 Å². The van der Waals surface area contributed by atoms with Gasteiger partial charge in [-0.2, -0.15) is 8.78 Å². The highest BCUT2D eigenvalue weighted by molar-refractivity contribution is 7.99. The summed E-state index contributed by atoms with van der Waals surface area (Å²) in [6.07, 6.45) is 0.647. The number of thioether (sulfide) groups is 1. The van der Waals surface area contributed by atoms with Crippen LogP contribution in [-0.2, 0) is 23.0 Å². The van der Waals surface area contributed by atoms with Gasteiger partial charge in [-0.05, 0) is 43.2 Å². The molecule has 0 aliphatic carbocycles. The second-order valence-corrected chi connectivity index (χ2v) is 8.96. The van der Waals surface area contributed by atoms with Gasteiger partial charge in [0.2, 0.25) is 5.91 Å². The zero-order valence-corrected chi connectivity index (χ0v) is 20.0. The average molecular weight is 497 g/mol. The summed E-state index contributed by atoms with van der Waals surface area (Å²) in [7, 11) is 3.05. The first kappa shape index (κ1) is 24.6. The van der Waals surface area contributed by atoms with E-state index in [0.717, 1.165) is 10.4 Å². The quantitative estimate of drug-likeness (QED) is 0.343. The summed E-state index contributed by atoms with van der Waals surface area (Å²) < 4.78 is 35.5. The molecule has 12 heteroatoms. The lowest BCUT2D eigenvalue weighted by Gasteiger charge is -2.07. The molecule has 0 aliphatic rings. The van der Waals surface area contributed by atoms with E-state index in [-0.39, 0.29) is 17.4 Å². The Labute approximate surface area is 197 Å². The summed E-state index contributed by atoms with van der Waals surface area (Å²) in [5.74, 6) is -0.180. The molecule has 8 nitrogen and oxygen atoms in total. The highest BCUT2D eigenvalue weighted by Crippen LogP contribution is 2.34. The zero-order valence-electron chi connectivity index (χ0n) is 18.3. The molecule has 0 fully saturated rings. The number of hydrogen-bond acceptors (Lipinski definition) is 8. The van der Waals surface area contributed by atoms with Crippen LogP contribution >= 0.6 is 23.1 Å². The molecule has 2 aromatic heterocycles. The van der Waals surface area contributed by atoms with Crippen LogP contribution in [0.5, 0.6) is 5.75 Å². The number of carbonyl (C=O) groups excluding carboxylic acids is 2. The molecule has 1 amide bonds. The Morgan fingerprint density at radius 1 is 1.24 bits per heavy atom. The predicted molar refractivity (Wildman–Crippen MR) is 122 cm³/mol. The van der Waals surface area contributed by atoms with E-state index in [1.807, 2.05) is 13.8 Å². The van der Waals surface area contributed by atoms with E-state index < -0.39 is 12.6 Å². The number of thiophene rings is 1. The molecule has 3 aromatic rings. The van der Waals surface area contributed by atoms with Crippen LogP contribution in [0.3, 0.4) is 0 Å². The molecule has 0 spiro atoms.